The number of hydrogen-bond donors (Lipinski definition) is 2. The predicted octanol–water partition coefficient (Wildman–Crippen LogP) is -0.566. The zero-order valence-corrected chi connectivity index (χ0v) is 16.5. The van der Waals surface area contributed by atoms with E-state index in [-0.39, 0.29) is 11.2 Å². The normalized spacial score (nSPS) is 14.5. The number of para-hydroxylation sites is 1. The van der Waals surface area contributed by atoms with Crippen molar-refractivity contribution in [2.24, 2.45) is 12.8 Å². The van der Waals surface area contributed by atoms with Crippen LogP contribution < -0.4 is 27.2 Å². The number of piperazine rings is 1. The number of aryl methyl sites for hydroxylation is 1. The molecule has 1 aromatic carbocycles. The van der Waals surface area contributed by atoms with Gasteiger partial charge in [-0.3, -0.25) is 18.7 Å². The number of nitrogens with one attached hydrogen (secondary N) is 1. The van der Waals surface area contributed by atoms with Crippen molar-refractivity contribution in [3.05, 3.63) is 50.1 Å². The van der Waals surface area contributed by atoms with E-state index in [4.69, 9.17) is 17.3 Å². The molecular weight excluding hydrogens is 398 g/mol. The van der Waals surface area contributed by atoms with Gasteiger partial charge in [-0.25, -0.2) is 9.36 Å². The molecule has 3 N–H and O–H groups in total. The number of hydrogen-bond acceptors (Lipinski definition) is 6. The van der Waals surface area contributed by atoms with Gasteiger partial charge in [-0.05, 0) is 12.1 Å². The monoisotopic (exact) mass is 417 g/mol. The minimum absolute atomic E-state index is 0.162. The summed E-state index contributed by atoms with van der Waals surface area (Å²) in [5.74, 6) is -0.270. The van der Waals surface area contributed by atoms with Gasteiger partial charge in [0.05, 0.1) is 10.7 Å². The molecule has 2 aromatic heterocycles. The first-order valence-corrected chi connectivity index (χ1v) is 9.49. The molecule has 0 radical (unpaired) electrons. The van der Waals surface area contributed by atoms with Crippen LogP contribution in [0.1, 0.15) is 0 Å². The van der Waals surface area contributed by atoms with Crippen LogP contribution in [-0.4, -0.2) is 50.8 Å². The maximum atomic E-state index is 13.2. The largest absolute Gasteiger partial charge is 0.368 e. The van der Waals surface area contributed by atoms with Gasteiger partial charge >= 0.3 is 5.69 Å². The Morgan fingerprint density at radius 2 is 1.93 bits per heavy atom. The van der Waals surface area contributed by atoms with Crippen molar-refractivity contribution in [2.45, 2.75) is 6.54 Å². The van der Waals surface area contributed by atoms with E-state index in [1.807, 2.05) is 4.90 Å². The summed E-state index contributed by atoms with van der Waals surface area (Å²) in [4.78, 5) is 44.0. The number of rotatable bonds is 4. The van der Waals surface area contributed by atoms with Crippen LogP contribution in [0.25, 0.3) is 16.9 Å². The molecule has 3 aromatic rings. The molecule has 0 saturated carbocycles. The Kier molecular flexibility index (Phi) is 4.89. The molecule has 1 fully saturated rings. The highest BCUT2D eigenvalue weighted by atomic mass is 35.5. The van der Waals surface area contributed by atoms with Crippen LogP contribution in [0.4, 0.5) is 5.95 Å². The molecule has 29 heavy (non-hydrogen) atoms. The molecule has 1 amide bonds. The fourth-order valence-electron chi connectivity index (χ4n) is 3.54. The Balaban J connectivity index is 2.12. The second-order valence-electron chi connectivity index (χ2n) is 6.81. The molecule has 152 valence electrons. The lowest BCUT2D eigenvalue weighted by atomic mass is 10.3. The van der Waals surface area contributed by atoms with Crippen molar-refractivity contribution in [1.82, 2.24) is 24.0 Å². The summed E-state index contributed by atoms with van der Waals surface area (Å²) in [6.07, 6.45) is 0. The molecule has 1 aliphatic heterocycles. The molecule has 4 rings (SSSR count). The number of nitrogens with two attached hydrogens (primary N) is 1. The fourth-order valence-corrected chi connectivity index (χ4v) is 3.76. The van der Waals surface area contributed by atoms with Crippen LogP contribution in [0, 0.1) is 0 Å². The number of nitrogens with zero attached hydrogens (tertiary/aromatic N) is 5. The molecular formula is C18H20ClN7O3. The molecule has 0 unspecified atom stereocenters. The maximum absolute atomic E-state index is 13.2. The summed E-state index contributed by atoms with van der Waals surface area (Å²) in [7, 11) is 1.51. The molecule has 1 saturated heterocycles. The van der Waals surface area contributed by atoms with Crippen molar-refractivity contribution in [1.29, 1.82) is 0 Å². The van der Waals surface area contributed by atoms with Crippen LogP contribution in [0.3, 0.4) is 0 Å². The highest BCUT2D eigenvalue weighted by Gasteiger charge is 2.26. The minimum Gasteiger partial charge on any atom is -0.368 e. The molecule has 3 heterocycles. The van der Waals surface area contributed by atoms with Gasteiger partial charge in [-0.1, -0.05) is 23.7 Å². The Labute approximate surface area is 170 Å². The Bertz CT molecular complexity index is 1220. The lowest BCUT2D eigenvalue weighted by Crippen LogP contribution is -2.44. The standard InChI is InChI=1S/C18H20ClN7O3/c1-23-15-14(16(28)25(18(23)29)10-13(20)27)26(12-5-3-2-4-11(12)19)17(22-15)24-8-6-21-7-9-24/h2-5,21H,6-10H2,1H3,(H2,20,27). The molecule has 0 bridgehead atoms. The van der Waals surface area contributed by atoms with Crippen LogP contribution in [0.5, 0.6) is 0 Å². The highest BCUT2D eigenvalue weighted by molar-refractivity contribution is 6.32. The first-order valence-electron chi connectivity index (χ1n) is 9.11. The summed E-state index contributed by atoms with van der Waals surface area (Å²) in [6.45, 7) is 2.36. The van der Waals surface area contributed by atoms with Crippen molar-refractivity contribution in [2.75, 3.05) is 31.1 Å². The van der Waals surface area contributed by atoms with E-state index in [9.17, 15) is 14.4 Å². The average molecular weight is 418 g/mol. The number of anilines is 1. The second-order valence-corrected chi connectivity index (χ2v) is 7.21. The van der Waals surface area contributed by atoms with Gasteiger partial charge in [0.15, 0.2) is 11.2 Å². The number of primary amides is 1. The zero-order valence-electron chi connectivity index (χ0n) is 15.8. The van der Waals surface area contributed by atoms with Gasteiger partial charge < -0.3 is 16.0 Å². The summed E-state index contributed by atoms with van der Waals surface area (Å²) in [6, 6.07) is 7.08. The summed E-state index contributed by atoms with van der Waals surface area (Å²) < 4.78 is 3.72. The summed E-state index contributed by atoms with van der Waals surface area (Å²) >= 11 is 6.44. The Morgan fingerprint density at radius 1 is 1.24 bits per heavy atom. The van der Waals surface area contributed by atoms with Crippen LogP contribution in [0.2, 0.25) is 5.02 Å². The van der Waals surface area contributed by atoms with E-state index in [1.165, 1.54) is 11.6 Å². The van der Waals surface area contributed by atoms with E-state index in [0.717, 1.165) is 17.7 Å². The molecule has 0 atom stereocenters. The number of fused-ring (bicyclic) bond motifs is 1. The lowest BCUT2D eigenvalue weighted by Gasteiger charge is -2.28. The van der Waals surface area contributed by atoms with Gasteiger partial charge in [0, 0.05) is 33.2 Å². The Morgan fingerprint density at radius 3 is 2.59 bits per heavy atom. The molecule has 11 heteroatoms. The summed E-state index contributed by atoms with van der Waals surface area (Å²) in [5.41, 5.74) is 4.89. The maximum Gasteiger partial charge on any atom is 0.332 e. The third kappa shape index (κ3) is 3.19. The number of aromatic nitrogens is 4. The Hall–Kier alpha value is -3.11. The van der Waals surface area contributed by atoms with E-state index in [0.29, 0.717) is 29.7 Å². The quantitative estimate of drug-likeness (QED) is 0.586. The lowest BCUT2D eigenvalue weighted by molar-refractivity contribution is -0.118. The number of carbonyl (C=O) groups excluding carboxylic acids is 1. The molecule has 10 nitrogen and oxygen atoms in total. The van der Waals surface area contributed by atoms with E-state index in [2.05, 4.69) is 10.3 Å². The first-order chi connectivity index (χ1) is 13.9. The van der Waals surface area contributed by atoms with E-state index < -0.39 is 23.7 Å². The van der Waals surface area contributed by atoms with Gasteiger partial charge in [-0.15, -0.1) is 0 Å². The molecule has 0 aliphatic carbocycles. The van der Waals surface area contributed by atoms with Crippen LogP contribution in [-0.2, 0) is 18.4 Å². The SMILES string of the molecule is Cn1c(=O)n(CC(N)=O)c(=O)c2c1nc(N1CCNCC1)n2-c1ccccc1Cl. The highest BCUT2D eigenvalue weighted by Crippen LogP contribution is 2.29. The number of carbonyl (C=O) groups is 1. The minimum atomic E-state index is -0.783. The number of benzene rings is 1. The second kappa shape index (κ2) is 7.37. The number of imidazole rings is 1. The van der Waals surface area contributed by atoms with Crippen molar-refractivity contribution in [3.63, 3.8) is 0 Å². The van der Waals surface area contributed by atoms with Gasteiger partial charge in [0.2, 0.25) is 11.9 Å². The van der Waals surface area contributed by atoms with Crippen molar-refractivity contribution < 1.29 is 4.79 Å². The number of amides is 1. The van der Waals surface area contributed by atoms with Gasteiger partial charge in [0.25, 0.3) is 5.56 Å². The van der Waals surface area contributed by atoms with Gasteiger partial charge in [0.1, 0.15) is 6.54 Å². The summed E-state index contributed by atoms with van der Waals surface area (Å²) in [5, 5.41) is 3.70. The number of halogens is 1. The van der Waals surface area contributed by atoms with Crippen molar-refractivity contribution in [3.8, 4) is 5.69 Å². The smallest absolute Gasteiger partial charge is 0.332 e. The van der Waals surface area contributed by atoms with Crippen molar-refractivity contribution >= 4 is 34.6 Å². The molecule has 0 spiro atoms. The van der Waals surface area contributed by atoms with E-state index >= 15 is 0 Å². The van der Waals surface area contributed by atoms with Gasteiger partial charge in [-0.2, -0.15) is 4.98 Å². The zero-order chi connectivity index (χ0) is 20.7. The van der Waals surface area contributed by atoms with Crippen LogP contribution in [0.15, 0.2) is 33.9 Å². The van der Waals surface area contributed by atoms with Crippen LogP contribution >= 0.6 is 11.6 Å². The third-order valence-corrected chi connectivity index (χ3v) is 5.25. The predicted molar refractivity (Wildman–Crippen MR) is 110 cm³/mol. The average Bonchev–Trinajstić information content (AvgIpc) is 3.11. The topological polar surface area (TPSA) is 120 Å². The molecule has 1 aliphatic rings. The fraction of sp³-hybridized carbons (Fsp3) is 0.333. The van der Waals surface area contributed by atoms with E-state index in [1.54, 1.807) is 28.8 Å². The first kappa shape index (κ1) is 19.2. The third-order valence-electron chi connectivity index (χ3n) is 4.93.